The second kappa shape index (κ2) is 8.91. The molecule has 0 saturated heterocycles. The molecule has 0 aliphatic carbocycles. The van der Waals surface area contributed by atoms with Gasteiger partial charge < -0.3 is 15.0 Å². The topological polar surface area (TPSA) is 58.6 Å². The van der Waals surface area contributed by atoms with Crippen molar-refractivity contribution in [3.8, 4) is 5.75 Å². The molecule has 2 rings (SSSR count). The summed E-state index contributed by atoms with van der Waals surface area (Å²) in [6.07, 6.45) is -0.719. The fraction of sp³-hybridized carbons (Fsp3) is 0.333. The molecule has 0 fully saturated rings. The van der Waals surface area contributed by atoms with Gasteiger partial charge in [0.25, 0.3) is 5.91 Å². The Kier molecular flexibility index (Phi) is 6.86. The van der Waals surface area contributed by atoms with Gasteiger partial charge in [0.1, 0.15) is 5.75 Å². The van der Waals surface area contributed by atoms with Crippen LogP contribution in [0.5, 0.6) is 5.75 Å². The summed E-state index contributed by atoms with van der Waals surface area (Å²) in [5, 5.41) is 3.46. The standard InChI is InChI=1S/C21H25ClN2O3/c1-13-6-7-14(2)18(10-13)23-20(25)12-24(5)21(26)16(4)27-19-9-8-17(22)11-15(19)3/h6-11,16H,12H2,1-5H3,(H,23,25). The van der Waals surface area contributed by atoms with Crippen molar-refractivity contribution in [1.29, 1.82) is 0 Å². The normalized spacial score (nSPS) is 11.6. The van der Waals surface area contributed by atoms with E-state index in [1.54, 1.807) is 32.2 Å². The minimum absolute atomic E-state index is 0.0560. The van der Waals surface area contributed by atoms with Crippen molar-refractivity contribution in [1.82, 2.24) is 4.90 Å². The van der Waals surface area contributed by atoms with E-state index in [0.717, 1.165) is 22.4 Å². The largest absolute Gasteiger partial charge is 0.481 e. The average Bonchev–Trinajstić information content (AvgIpc) is 2.59. The quantitative estimate of drug-likeness (QED) is 0.809. The maximum Gasteiger partial charge on any atom is 0.263 e. The molecule has 144 valence electrons. The summed E-state index contributed by atoms with van der Waals surface area (Å²) in [6, 6.07) is 11.1. The van der Waals surface area contributed by atoms with Crippen molar-refractivity contribution >= 4 is 29.1 Å². The smallest absolute Gasteiger partial charge is 0.263 e. The molecular formula is C21H25ClN2O3. The summed E-state index contributed by atoms with van der Waals surface area (Å²) in [5.41, 5.74) is 3.62. The number of likely N-dealkylation sites (N-methyl/N-ethyl adjacent to an activating group) is 1. The van der Waals surface area contributed by atoms with Gasteiger partial charge in [0.05, 0.1) is 6.54 Å². The number of anilines is 1. The maximum atomic E-state index is 12.5. The van der Waals surface area contributed by atoms with Crippen LogP contribution in [0.25, 0.3) is 0 Å². The Hall–Kier alpha value is -2.53. The number of nitrogens with zero attached hydrogens (tertiary/aromatic N) is 1. The number of halogens is 1. The first-order valence-corrected chi connectivity index (χ1v) is 9.10. The summed E-state index contributed by atoms with van der Waals surface area (Å²) < 4.78 is 5.74. The minimum Gasteiger partial charge on any atom is -0.481 e. The monoisotopic (exact) mass is 388 g/mol. The predicted molar refractivity (Wildman–Crippen MR) is 108 cm³/mol. The van der Waals surface area contributed by atoms with Crippen molar-refractivity contribution in [2.75, 3.05) is 18.9 Å². The van der Waals surface area contributed by atoms with E-state index in [4.69, 9.17) is 16.3 Å². The lowest BCUT2D eigenvalue weighted by atomic mass is 10.1. The molecule has 0 aliphatic heterocycles. The molecule has 5 nitrogen and oxygen atoms in total. The lowest BCUT2D eigenvalue weighted by molar-refractivity contribution is -0.139. The van der Waals surface area contributed by atoms with Gasteiger partial charge >= 0.3 is 0 Å². The molecule has 2 aromatic rings. The lowest BCUT2D eigenvalue weighted by Crippen LogP contribution is -2.42. The van der Waals surface area contributed by atoms with E-state index in [1.165, 1.54) is 4.90 Å². The van der Waals surface area contributed by atoms with Crippen LogP contribution in [0.3, 0.4) is 0 Å². The SMILES string of the molecule is Cc1ccc(C)c(NC(=O)CN(C)C(=O)C(C)Oc2ccc(Cl)cc2C)c1. The van der Waals surface area contributed by atoms with Crippen molar-refractivity contribution in [3.63, 3.8) is 0 Å². The number of hydrogen-bond donors (Lipinski definition) is 1. The molecule has 2 aromatic carbocycles. The zero-order chi connectivity index (χ0) is 20.1. The zero-order valence-electron chi connectivity index (χ0n) is 16.3. The Morgan fingerprint density at radius 2 is 1.81 bits per heavy atom. The number of carbonyl (C=O) groups excluding carboxylic acids is 2. The number of rotatable bonds is 6. The highest BCUT2D eigenvalue weighted by molar-refractivity contribution is 6.30. The van der Waals surface area contributed by atoms with Crippen LogP contribution in [0.4, 0.5) is 5.69 Å². The molecule has 1 unspecified atom stereocenters. The molecule has 0 aromatic heterocycles. The summed E-state index contributed by atoms with van der Waals surface area (Å²) in [6.45, 7) is 7.35. The van der Waals surface area contributed by atoms with Crippen LogP contribution in [0, 0.1) is 20.8 Å². The maximum absolute atomic E-state index is 12.5. The first-order chi connectivity index (χ1) is 12.7. The van der Waals surface area contributed by atoms with Gasteiger partial charge in [-0.15, -0.1) is 0 Å². The number of carbonyl (C=O) groups is 2. The molecule has 1 N–H and O–H groups in total. The third-order valence-electron chi connectivity index (χ3n) is 4.21. The van der Waals surface area contributed by atoms with Crippen LogP contribution < -0.4 is 10.1 Å². The molecule has 0 spiro atoms. The van der Waals surface area contributed by atoms with Crippen LogP contribution in [-0.2, 0) is 9.59 Å². The van der Waals surface area contributed by atoms with Gasteiger partial charge in [0, 0.05) is 17.8 Å². The molecule has 0 bridgehead atoms. The number of ether oxygens (including phenoxy) is 1. The molecule has 2 amide bonds. The van der Waals surface area contributed by atoms with E-state index in [-0.39, 0.29) is 18.4 Å². The molecule has 0 saturated carbocycles. The average molecular weight is 389 g/mol. The van der Waals surface area contributed by atoms with Crippen LogP contribution in [-0.4, -0.2) is 36.4 Å². The van der Waals surface area contributed by atoms with E-state index in [1.807, 2.05) is 39.0 Å². The Bertz CT molecular complexity index is 851. The molecule has 1 atom stereocenters. The zero-order valence-corrected chi connectivity index (χ0v) is 17.1. The van der Waals surface area contributed by atoms with Gasteiger partial charge in [-0.2, -0.15) is 0 Å². The van der Waals surface area contributed by atoms with Crippen LogP contribution in [0.15, 0.2) is 36.4 Å². The number of benzene rings is 2. The van der Waals surface area contributed by atoms with E-state index < -0.39 is 6.10 Å². The highest BCUT2D eigenvalue weighted by atomic mass is 35.5. The van der Waals surface area contributed by atoms with Gasteiger partial charge in [-0.05, 0) is 68.7 Å². The minimum atomic E-state index is -0.719. The Balaban J connectivity index is 1.95. The van der Waals surface area contributed by atoms with Crippen molar-refractivity contribution in [2.45, 2.75) is 33.8 Å². The summed E-state index contributed by atoms with van der Waals surface area (Å²) in [4.78, 5) is 26.2. The van der Waals surface area contributed by atoms with Gasteiger partial charge in [0.2, 0.25) is 5.91 Å². The van der Waals surface area contributed by atoms with Gasteiger partial charge in [-0.25, -0.2) is 0 Å². The van der Waals surface area contributed by atoms with E-state index in [0.29, 0.717) is 10.8 Å². The van der Waals surface area contributed by atoms with E-state index in [9.17, 15) is 9.59 Å². The van der Waals surface area contributed by atoms with E-state index in [2.05, 4.69) is 5.32 Å². The molecule has 6 heteroatoms. The number of aryl methyl sites for hydroxylation is 3. The summed E-state index contributed by atoms with van der Waals surface area (Å²) >= 11 is 5.94. The highest BCUT2D eigenvalue weighted by Gasteiger charge is 2.22. The molecular weight excluding hydrogens is 364 g/mol. The third kappa shape index (κ3) is 5.73. The van der Waals surface area contributed by atoms with E-state index >= 15 is 0 Å². The van der Waals surface area contributed by atoms with Crippen LogP contribution in [0.2, 0.25) is 5.02 Å². The molecule has 0 radical (unpaired) electrons. The van der Waals surface area contributed by atoms with Gasteiger partial charge in [-0.1, -0.05) is 23.7 Å². The molecule has 0 aliphatic rings. The second-order valence-electron chi connectivity index (χ2n) is 6.73. The first-order valence-electron chi connectivity index (χ1n) is 8.72. The Morgan fingerprint density at radius 1 is 1.11 bits per heavy atom. The van der Waals surface area contributed by atoms with Crippen LogP contribution >= 0.6 is 11.6 Å². The Labute approximate surface area is 165 Å². The fourth-order valence-electron chi connectivity index (χ4n) is 2.65. The lowest BCUT2D eigenvalue weighted by Gasteiger charge is -2.22. The van der Waals surface area contributed by atoms with Gasteiger partial charge in [-0.3, -0.25) is 9.59 Å². The highest BCUT2D eigenvalue weighted by Crippen LogP contribution is 2.23. The van der Waals surface area contributed by atoms with Crippen molar-refractivity contribution in [2.24, 2.45) is 0 Å². The number of hydrogen-bond acceptors (Lipinski definition) is 3. The second-order valence-corrected chi connectivity index (χ2v) is 7.17. The summed E-state index contributed by atoms with van der Waals surface area (Å²) in [7, 11) is 1.58. The first kappa shape index (κ1) is 20.8. The Morgan fingerprint density at radius 3 is 2.48 bits per heavy atom. The number of nitrogens with one attached hydrogen (secondary N) is 1. The number of amides is 2. The van der Waals surface area contributed by atoms with Crippen molar-refractivity contribution in [3.05, 3.63) is 58.1 Å². The molecule has 0 heterocycles. The van der Waals surface area contributed by atoms with Gasteiger partial charge in [0.15, 0.2) is 6.10 Å². The summed E-state index contributed by atoms with van der Waals surface area (Å²) in [5.74, 6) is 0.0587. The predicted octanol–water partition coefficient (Wildman–Crippen LogP) is 4.13. The fourth-order valence-corrected chi connectivity index (χ4v) is 2.88. The van der Waals surface area contributed by atoms with Crippen molar-refractivity contribution < 1.29 is 14.3 Å². The third-order valence-corrected chi connectivity index (χ3v) is 4.45. The van der Waals surface area contributed by atoms with Crippen LogP contribution in [0.1, 0.15) is 23.6 Å². The molecule has 27 heavy (non-hydrogen) atoms.